The first-order chi connectivity index (χ1) is 10.2. The lowest BCUT2D eigenvalue weighted by atomic mass is 10.2. The highest BCUT2D eigenvalue weighted by molar-refractivity contribution is 9.10. The van der Waals surface area contributed by atoms with Crippen LogP contribution in [-0.4, -0.2) is 15.1 Å². The van der Waals surface area contributed by atoms with Gasteiger partial charge in [0.25, 0.3) is 5.89 Å². The van der Waals surface area contributed by atoms with Crippen LogP contribution in [0.5, 0.6) is 5.75 Å². The van der Waals surface area contributed by atoms with E-state index < -0.39 is 0 Å². The first-order valence-corrected chi connectivity index (χ1v) is 7.18. The lowest BCUT2D eigenvalue weighted by molar-refractivity contribution is 0.175. The van der Waals surface area contributed by atoms with Crippen molar-refractivity contribution >= 4 is 15.9 Å². The number of hydrogen-bond donors (Lipinski definition) is 0. The normalized spacial score (nSPS) is 12.1. The molecule has 0 spiro atoms. The van der Waals surface area contributed by atoms with Crippen LogP contribution >= 0.6 is 15.9 Å². The van der Waals surface area contributed by atoms with E-state index in [2.05, 4.69) is 31.1 Å². The van der Waals surface area contributed by atoms with Gasteiger partial charge in [-0.1, -0.05) is 27.2 Å². The Hall–Kier alpha value is -2.21. The van der Waals surface area contributed by atoms with Gasteiger partial charge in [0.2, 0.25) is 5.82 Å². The maximum atomic E-state index is 5.79. The van der Waals surface area contributed by atoms with Crippen molar-refractivity contribution in [1.29, 1.82) is 0 Å². The Kier molecular flexibility index (Phi) is 3.96. The number of nitrogens with zero attached hydrogens (tertiary/aromatic N) is 3. The van der Waals surface area contributed by atoms with Crippen molar-refractivity contribution in [2.75, 3.05) is 0 Å². The van der Waals surface area contributed by atoms with E-state index in [1.54, 1.807) is 12.4 Å². The molecule has 0 aliphatic heterocycles. The van der Waals surface area contributed by atoms with Crippen LogP contribution in [-0.2, 0) is 0 Å². The van der Waals surface area contributed by atoms with E-state index in [0.717, 1.165) is 15.8 Å². The fourth-order valence-corrected chi connectivity index (χ4v) is 2.19. The summed E-state index contributed by atoms with van der Waals surface area (Å²) in [6.07, 6.45) is 3.04. The second-order valence-corrected chi connectivity index (χ2v) is 5.33. The summed E-state index contributed by atoms with van der Waals surface area (Å²) < 4.78 is 12.0. The minimum atomic E-state index is -0.331. The van der Waals surface area contributed by atoms with Crippen LogP contribution in [0.3, 0.4) is 0 Å². The van der Waals surface area contributed by atoms with Gasteiger partial charge in [0.1, 0.15) is 5.75 Å². The molecular weight excluding hydrogens is 334 g/mol. The lowest BCUT2D eigenvalue weighted by Gasteiger charge is -2.10. The summed E-state index contributed by atoms with van der Waals surface area (Å²) in [7, 11) is 0. The van der Waals surface area contributed by atoms with Gasteiger partial charge in [0, 0.05) is 22.4 Å². The Labute approximate surface area is 130 Å². The molecular formula is C15H12BrN3O2. The molecule has 0 unspecified atom stereocenters. The van der Waals surface area contributed by atoms with Crippen LogP contribution in [0.2, 0.25) is 0 Å². The molecule has 1 aromatic carbocycles. The Bertz CT molecular complexity index is 731. The van der Waals surface area contributed by atoms with Crippen molar-refractivity contribution < 1.29 is 9.26 Å². The van der Waals surface area contributed by atoms with E-state index in [-0.39, 0.29) is 6.10 Å². The van der Waals surface area contributed by atoms with Gasteiger partial charge in [-0.2, -0.15) is 4.98 Å². The molecule has 0 fully saturated rings. The van der Waals surface area contributed by atoms with Crippen LogP contribution in [0.1, 0.15) is 18.9 Å². The van der Waals surface area contributed by atoms with E-state index in [1.807, 2.05) is 43.3 Å². The minimum Gasteiger partial charge on any atom is -0.481 e. The summed E-state index contributed by atoms with van der Waals surface area (Å²) in [6.45, 7) is 1.87. The highest BCUT2D eigenvalue weighted by Gasteiger charge is 2.16. The van der Waals surface area contributed by atoms with Crippen LogP contribution in [0.4, 0.5) is 0 Å². The van der Waals surface area contributed by atoms with E-state index >= 15 is 0 Å². The highest BCUT2D eigenvalue weighted by atomic mass is 79.9. The van der Waals surface area contributed by atoms with Gasteiger partial charge < -0.3 is 9.26 Å². The van der Waals surface area contributed by atoms with Crippen LogP contribution in [0.25, 0.3) is 11.4 Å². The molecule has 5 nitrogen and oxygen atoms in total. The van der Waals surface area contributed by atoms with Gasteiger partial charge in [0.15, 0.2) is 6.10 Å². The quantitative estimate of drug-likeness (QED) is 0.714. The number of rotatable bonds is 4. The van der Waals surface area contributed by atoms with Gasteiger partial charge in [-0.05, 0) is 37.3 Å². The summed E-state index contributed by atoms with van der Waals surface area (Å²) in [6, 6.07) is 11.3. The zero-order chi connectivity index (χ0) is 14.7. The average molecular weight is 346 g/mol. The molecule has 2 heterocycles. The summed E-state index contributed by atoms with van der Waals surface area (Å²) in [5.41, 5.74) is 0.856. The number of pyridine rings is 1. The number of benzene rings is 1. The molecule has 3 rings (SSSR count). The first kappa shape index (κ1) is 13.8. The fraction of sp³-hybridized carbons (Fsp3) is 0.133. The van der Waals surface area contributed by atoms with Crippen molar-refractivity contribution in [1.82, 2.24) is 15.1 Å². The lowest BCUT2D eigenvalue weighted by Crippen LogP contribution is -2.03. The number of aromatic nitrogens is 3. The predicted octanol–water partition coefficient (Wildman–Crippen LogP) is 4.03. The van der Waals surface area contributed by atoms with E-state index in [0.29, 0.717) is 11.7 Å². The minimum absolute atomic E-state index is 0.331. The van der Waals surface area contributed by atoms with E-state index in [4.69, 9.17) is 9.26 Å². The maximum absolute atomic E-state index is 5.79. The standard InChI is InChI=1S/C15H12BrN3O2/c1-10(20-13-4-2-3-12(16)9-13)15-18-14(19-21-15)11-5-7-17-8-6-11/h2-10H,1H3/t10-/m0/s1. The van der Waals surface area contributed by atoms with E-state index in [9.17, 15) is 0 Å². The monoisotopic (exact) mass is 345 g/mol. The van der Waals surface area contributed by atoms with Gasteiger partial charge >= 0.3 is 0 Å². The molecule has 0 N–H and O–H groups in total. The molecule has 3 aromatic rings. The number of hydrogen-bond acceptors (Lipinski definition) is 5. The second kappa shape index (κ2) is 6.05. The van der Waals surface area contributed by atoms with Crippen molar-refractivity contribution in [2.24, 2.45) is 0 Å². The van der Waals surface area contributed by atoms with Crippen molar-refractivity contribution in [2.45, 2.75) is 13.0 Å². The van der Waals surface area contributed by atoms with Crippen molar-refractivity contribution in [3.63, 3.8) is 0 Å². The van der Waals surface area contributed by atoms with Gasteiger partial charge in [-0.3, -0.25) is 4.98 Å². The SMILES string of the molecule is C[C@H](Oc1cccc(Br)c1)c1nc(-c2ccncc2)no1. The Morgan fingerprint density at radius 2 is 2.00 bits per heavy atom. The number of halogens is 1. The van der Waals surface area contributed by atoms with Crippen LogP contribution in [0, 0.1) is 0 Å². The molecule has 21 heavy (non-hydrogen) atoms. The third kappa shape index (κ3) is 3.28. The number of ether oxygens (including phenoxy) is 1. The fourth-order valence-electron chi connectivity index (χ4n) is 1.81. The molecule has 106 valence electrons. The van der Waals surface area contributed by atoms with Crippen molar-refractivity contribution in [3.8, 4) is 17.1 Å². The molecule has 0 aliphatic carbocycles. The molecule has 1 atom stereocenters. The van der Waals surface area contributed by atoms with Gasteiger partial charge in [-0.25, -0.2) is 0 Å². The van der Waals surface area contributed by atoms with Gasteiger partial charge in [0.05, 0.1) is 0 Å². The molecule has 0 saturated carbocycles. The molecule has 0 radical (unpaired) electrons. The third-order valence-corrected chi connectivity index (χ3v) is 3.33. The first-order valence-electron chi connectivity index (χ1n) is 6.38. The van der Waals surface area contributed by atoms with E-state index in [1.165, 1.54) is 0 Å². The summed E-state index contributed by atoms with van der Waals surface area (Å²) in [4.78, 5) is 8.32. The summed E-state index contributed by atoms with van der Waals surface area (Å²) in [5.74, 6) is 1.69. The molecule has 0 aliphatic rings. The Morgan fingerprint density at radius 1 is 1.19 bits per heavy atom. The molecule has 0 saturated heterocycles. The van der Waals surface area contributed by atoms with Crippen LogP contribution in [0.15, 0.2) is 57.8 Å². The van der Waals surface area contributed by atoms with Crippen molar-refractivity contribution in [3.05, 3.63) is 59.2 Å². The maximum Gasteiger partial charge on any atom is 0.267 e. The third-order valence-electron chi connectivity index (χ3n) is 2.84. The van der Waals surface area contributed by atoms with Gasteiger partial charge in [-0.15, -0.1) is 0 Å². The van der Waals surface area contributed by atoms with Crippen LogP contribution < -0.4 is 4.74 Å². The zero-order valence-electron chi connectivity index (χ0n) is 11.2. The second-order valence-electron chi connectivity index (χ2n) is 4.41. The Morgan fingerprint density at radius 3 is 2.76 bits per heavy atom. The topological polar surface area (TPSA) is 61.0 Å². The largest absolute Gasteiger partial charge is 0.481 e. The molecule has 0 bridgehead atoms. The molecule has 6 heteroatoms. The molecule has 2 aromatic heterocycles. The smallest absolute Gasteiger partial charge is 0.267 e. The predicted molar refractivity (Wildman–Crippen MR) is 80.7 cm³/mol. The molecule has 0 amide bonds. The summed E-state index contributed by atoms with van der Waals surface area (Å²) >= 11 is 3.41. The Balaban J connectivity index is 1.77. The average Bonchev–Trinajstić information content (AvgIpc) is 2.98. The summed E-state index contributed by atoms with van der Waals surface area (Å²) in [5, 5.41) is 3.96. The zero-order valence-corrected chi connectivity index (χ0v) is 12.8. The highest BCUT2D eigenvalue weighted by Crippen LogP contribution is 2.25.